The molecule has 9 nitrogen and oxygen atoms in total. The number of primary amides is 1. The number of amides is 2. The van der Waals surface area contributed by atoms with Crippen LogP contribution >= 0.6 is 0 Å². The summed E-state index contributed by atoms with van der Waals surface area (Å²) in [5, 5.41) is 13.9. The van der Waals surface area contributed by atoms with E-state index in [1.807, 2.05) is 32.0 Å². The molecule has 1 fully saturated rings. The Bertz CT molecular complexity index is 918. The highest BCUT2D eigenvalue weighted by atomic mass is 16.5. The summed E-state index contributed by atoms with van der Waals surface area (Å²) in [5.41, 5.74) is 12.5. The van der Waals surface area contributed by atoms with E-state index in [1.165, 1.54) is 0 Å². The lowest BCUT2D eigenvalue weighted by molar-refractivity contribution is -0.128. The number of carbonyl (C=O) groups excluding carboxylic acids is 2. The van der Waals surface area contributed by atoms with Crippen LogP contribution in [0.4, 0.5) is 0 Å². The van der Waals surface area contributed by atoms with Crippen molar-refractivity contribution in [1.82, 2.24) is 5.32 Å². The molecule has 0 saturated heterocycles. The second-order valence-electron chi connectivity index (χ2n) is 11.8. The van der Waals surface area contributed by atoms with Crippen molar-refractivity contribution in [2.24, 2.45) is 40.6 Å². The van der Waals surface area contributed by atoms with Crippen LogP contribution in [0.3, 0.4) is 0 Å². The summed E-state index contributed by atoms with van der Waals surface area (Å²) in [4.78, 5) is 24.6. The van der Waals surface area contributed by atoms with Crippen molar-refractivity contribution in [1.29, 1.82) is 0 Å². The Hall–Kier alpha value is -2.36. The zero-order valence-corrected chi connectivity index (χ0v) is 24.7. The van der Waals surface area contributed by atoms with Gasteiger partial charge in [-0.1, -0.05) is 33.8 Å². The predicted molar refractivity (Wildman–Crippen MR) is 152 cm³/mol. The third-order valence-corrected chi connectivity index (χ3v) is 8.10. The molecule has 0 spiro atoms. The number of hydrogen-bond acceptors (Lipinski definition) is 7. The van der Waals surface area contributed by atoms with Crippen LogP contribution in [0.2, 0.25) is 0 Å². The number of nitrogens with one attached hydrogen (secondary N) is 1. The maximum atomic E-state index is 13.0. The highest BCUT2D eigenvalue weighted by molar-refractivity contribution is 5.85. The Morgan fingerprint density at radius 3 is 2.28 bits per heavy atom. The van der Waals surface area contributed by atoms with Crippen LogP contribution in [0.15, 0.2) is 18.2 Å². The maximum Gasteiger partial charge on any atom is 0.225 e. The van der Waals surface area contributed by atoms with Crippen LogP contribution in [0.1, 0.15) is 65.4 Å². The molecule has 2 amide bonds. The van der Waals surface area contributed by atoms with Gasteiger partial charge in [0.1, 0.15) is 0 Å². The summed E-state index contributed by atoms with van der Waals surface area (Å²) in [6.45, 7) is 9.65. The fourth-order valence-electron chi connectivity index (χ4n) is 4.91. The second-order valence-corrected chi connectivity index (χ2v) is 11.8. The number of methoxy groups -OCH3 is 2. The van der Waals surface area contributed by atoms with Gasteiger partial charge in [-0.05, 0) is 67.6 Å². The minimum atomic E-state index is -0.828. The molecule has 4 atom stereocenters. The van der Waals surface area contributed by atoms with Crippen molar-refractivity contribution in [3.8, 4) is 11.5 Å². The third kappa shape index (κ3) is 9.96. The number of ether oxygens (including phenoxy) is 3. The van der Waals surface area contributed by atoms with Crippen LogP contribution < -0.4 is 26.3 Å². The molecule has 6 N–H and O–H groups in total. The van der Waals surface area contributed by atoms with Gasteiger partial charge in [0.05, 0.1) is 25.2 Å². The summed E-state index contributed by atoms with van der Waals surface area (Å²) < 4.78 is 16.5. The van der Waals surface area contributed by atoms with Crippen molar-refractivity contribution in [2.75, 3.05) is 34.0 Å². The van der Waals surface area contributed by atoms with Gasteiger partial charge in [-0.3, -0.25) is 9.59 Å². The smallest absolute Gasteiger partial charge is 0.225 e. The van der Waals surface area contributed by atoms with Gasteiger partial charge >= 0.3 is 0 Å². The van der Waals surface area contributed by atoms with Gasteiger partial charge < -0.3 is 36.1 Å². The van der Waals surface area contributed by atoms with E-state index in [0.717, 1.165) is 18.4 Å². The molecule has 0 heterocycles. The zero-order chi connectivity index (χ0) is 29.2. The molecule has 1 aromatic rings. The molecule has 0 unspecified atom stereocenters. The van der Waals surface area contributed by atoms with E-state index >= 15 is 0 Å². The lowest BCUT2D eigenvalue weighted by atomic mass is 9.80. The summed E-state index contributed by atoms with van der Waals surface area (Å²) >= 11 is 0. The summed E-state index contributed by atoms with van der Waals surface area (Å²) in [7, 11) is 3.29. The Balaban J connectivity index is 2.00. The topological polar surface area (TPSA) is 146 Å². The predicted octanol–water partition coefficient (Wildman–Crippen LogP) is 3.05. The van der Waals surface area contributed by atoms with Crippen LogP contribution in [-0.4, -0.2) is 63.0 Å². The largest absolute Gasteiger partial charge is 0.493 e. The Kier molecular flexibility index (Phi) is 13.0. The monoisotopic (exact) mass is 549 g/mol. The molecule has 0 aliphatic heterocycles. The molecule has 0 radical (unpaired) electrons. The van der Waals surface area contributed by atoms with E-state index in [0.29, 0.717) is 49.9 Å². The van der Waals surface area contributed by atoms with Crippen LogP contribution in [0, 0.1) is 29.1 Å². The molecule has 0 bridgehead atoms. The van der Waals surface area contributed by atoms with E-state index in [4.69, 9.17) is 25.7 Å². The van der Waals surface area contributed by atoms with Crippen molar-refractivity contribution >= 4 is 11.8 Å². The zero-order valence-electron chi connectivity index (χ0n) is 24.7. The minimum absolute atomic E-state index is 0.0121. The number of benzene rings is 1. The van der Waals surface area contributed by atoms with Gasteiger partial charge in [0.25, 0.3) is 0 Å². The lowest BCUT2D eigenvalue weighted by Gasteiger charge is -2.30. The number of hydrogen-bond donors (Lipinski definition) is 4. The van der Waals surface area contributed by atoms with Gasteiger partial charge in [0.15, 0.2) is 11.5 Å². The third-order valence-electron chi connectivity index (χ3n) is 8.10. The highest BCUT2D eigenvalue weighted by Gasteiger charge is 2.48. The summed E-state index contributed by atoms with van der Waals surface area (Å²) in [6.07, 6.45) is 3.02. The molecule has 1 saturated carbocycles. The highest BCUT2D eigenvalue weighted by Crippen LogP contribution is 2.44. The molecular formula is C30H51N3O6. The Labute approximate surface area is 234 Å². The lowest BCUT2D eigenvalue weighted by Crippen LogP contribution is -2.44. The van der Waals surface area contributed by atoms with E-state index in [1.54, 1.807) is 14.2 Å². The average molecular weight is 550 g/mol. The van der Waals surface area contributed by atoms with Crippen LogP contribution in [0.25, 0.3) is 0 Å². The fourth-order valence-corrected chi connectivity index (χ4v) is 4.91. The van der Waals surface area contributed by atoms with Gasteiger partial charge in [-0.15, -0.1) is 0 Å². The first-order valence-corrected chi connectivity index (χ1v) is 14.2. The van der Waals surface area contributed by atoms with E-state index < -0.39 is 23.5 Å². The summed E-state index contributed by atoms with van der Waals surface area (Å²) in [5.74, 6) is 1.02. The second kappa shape index (κ2) is 15.4. The van der Waals surface area contributed by atoms with E-state index in [2.05, 4.69) is 19.2 Å². The van der Waals surface area contributed by atoms with Crippen molar-refractivity contribution in [2.45, 2.75) is 78.4 Å². The van der Waals surface area contributed by atoms with E-state index in [-0.39, 0.29) is 36.6 Å². The molecule has 1 aromatic carbocycles. The molecule has 0 aromatic heterocycles. The van der Waals surface area contributed by atoms with Crippen molar-refractivity contribution in [3.63, 3.8) is 0 Å². The SMILES string of the molecule is COCCCOc1cc(C[C@@H](C[C@H](N)[C@@H](O)C[C@H](C(=O)NCC2(C(N)=O)CC2)C(C)C)C(C)C)ccc1OC. The first-order valence-electron chi connectivity index (χ1n) is 14.2. The first kappa shape index (κ1) is 32.8. The molecule has 222 valence electrons. The van der Waals surface area contributed by atoms with Crippen molar-refractivity contribution in [3.05, 3.63) is 23.8 Å². The number of aliphatic hydroxyl groups is 1. The van der Waals surface area contributed by atoms with Gasteiger partial charge in [0.2, 0.25) is 11.8 Å². The molecular weight excluding hydrogens is 498 g/mol. The van der Waals surface area contributed by atoms with Gasteiger partial charge in [-0.25, -0.2) is 0 Å². The minimum Gasteiger partial charge on any atom is -0.493 e. The maximum absolute atomic E-state index is 13.0. The fraction of sp³-hybridized carbons (Fsp3) is 0.733. The van der Waals surface area contributed by atoms with Gasteiger partial charge in [-0.2, -0.15) is 0 Å². The van der Waals surface area contributed by atoms with Gasteiger partial charge in [0, 0.05) is 38.6 Å². The Morgan fingerprint density at radius 2 is 1.74 bits per heavy atom. The first-order chi connectivity index (χ1) is 18.4. The molecule has 2 rings (SSSR count). The van der Waals surface area contributed by atoms with Crippen LogP contribution in [0.5, 0.6) is 11.5 Å². The normalized spacial score (nSPS) is 17.4. The average Bonchev–Trinajstić information content (AvgIpc) is 3.69. The number of nitrogens with two attached hydrogens (primary N) is 2. The molecule has 1 aliphatic rings. The standard InChI is InChI=1S/C30H51N3O6/c1-19(2)22(14-21-8-9-26(38-6)27(15-21)39-13-7-12-37-5)16-24(31)25(34)17-23(20(3)4)28(35)33-18-30(10-11-30)29(32)36/h8-9,15,19-20,22-25,34H,7,10-14,16-18,31H2,1-6H3,(H2,32,36)(H,33,35)/t22-,23-,24-,25-/m0/s1. The molecule has 1 aliphatic carbocycles. The molecule has 9 heteroatoms. The Morgan fingerprint density at radius 1 is 1.05 bits per heavy atom. The number of carbonyl (C=O) groups is 2. The number of aliphatic hydroxyl groups excluding tert-OH is 1. The quantitative estimate of drug-likeness (QED) is 0.194. The summed E-state index contributed by atoms with van der Waals surface area (Å²) in [6, 6.07) is 5.50. The van der Waals surface area contributed by atoms with Crippen LogP contribution in [-0.2, 0) is 20.7 Å². The van der Waals surface area contributed by atoms with E-state index in [9.17, 15) is 14.7 Å². The molecule has 39 heavy (non-hydrogen) atoms. The number of rotatable bonds is 19. The van der Waals surface area contributed by atoms with Crippen molar-refractivity contribution < 1.29 is 28.9 Å².